The standard InChI is InChI=1S/C18H27N3.C3H5Cl.2C2H6/c1-6-7-12-20-21(17(4)11-13-19-5)14-18-15(2)9-8-10-16(18)3;1-2-3-4;2*1-2/h6-10,12,19H,4,11,13-14H2,1-3,5H3;2H,1,3H2;2*1-2H3/b7-6+,20-12+;;;. The van der Waals surface area contributed by atoms with Gasteiger partial charge in [0.15, 0.2) is 0 Å². The maximum atomic E-state index is 5.07. The van der Waals surface area contributed by atoms with E-state index in [0.717, 1.165) is 25.2 Å². The highest BCUT2D eigenvalue weighted by molar-refractivity contribution is 6.18. The molecule has 1 aromatic rings. The van der Waals surface area contributed by atoms with Crippen LogP contribution < -0.4 is 5.32 Å². The van der Waals surface area contributed by atoms with Gasteiger partial charge in [-0.2, -0.15) is 5.10 Å². The Morgan fingerprint density at radius 3 is 2.10 bits per heavy atom. The van der Waals surface area contributed by atoms with E-state index in [4.69, 9.17) is 11.6 Å². The Balaban J connectivity index is -0.000000733. The van der Waals surface area contributed by atoms with Crippen LogP contribution in [-0.4, -0.2) is 30.7 Å². The molecular weight excluding hydrogens is 378 g/mol. The van der Waals surface area contributed by atoms with Crippen molar-refractivity contribution in [3.8, 4) is 0 Å². The molecule has 1 aromatic carbocycles. The zero-order chi connectivity index (χ0) is 23.1. The maximum Gasteiger partial charge on any atom is 0.0667 e. The first-order chi connectivity index (χ1) is 14.0. The Kier molecular flexibility index (Phi) is 26.6. The second-order valence-corrected chi connectivity index (χ2v) is 5.89. The molecule has 0 atom stereocenters. The molecule has 0 aliphatic carbocycles. The summed E-state index contributed by atoms with van der Waals surface area (Å²) in [7, 11) is 1.95. The minimum Gasteiger partial charge on any atom is -0.319 e. The van der Waals surface area contributed by atoms with Crippen molar-refractivity contribution in [2.45, 2.75) is 61.4 Å². The molecule has 0 radical (unpaired) electrons. The van der Waals surface area contributed by atoms with Crippen molar-refractivity contribution in [2.24, 2.45) is 5.10 Å². The summed E-state index contributed by atoms with van der Waals surface area (Å²) < 4.78 is 0. The summed E-state index contributed by atoms with van der Waals surface area (Å²) in [6, 6.07) is 6.39. The van der Waals surface area contributed by atoms with Crippen LogP contribution in [0.3, 0.4) is 0 Å². The summed E-state index contributed by atoms with van der Waals surface area (Å²) in [6.07, 6.45) is 8.24. The van der Waals surface area contributed by atoms with E-state index < -0.39 is 0 Å². The highest BCUT2D eigenvalue weighted by atomic mass is 35.5. The van der Waals surface area contributed by atoms with Crippen molar-refractivity contribution in [3.63, 3.8) is 0 Å². The number of rotatable bonds is 9. The number of aryl methyl sites for hydroxylation is 2. The smallest absolute Gasteiger partial charge is 0.0667 e. The van der Waals surface area contributed by atoms with Crippen LogP contribution in [0.2, 0.25) is 0 Å². The van der Waals surface area contributed by atoms with Gasteiger partial charge in [0.1, 0.15) is 0 Å². The van der Waals surface area contributed by atoms with Crippen molar-refractivity contribution in [3.05, 3.63) is 72.0 Å². The number of allylic oxidation sites excluding steroid dienone is 3. The van der Waals surface area contributed by atoms with E-state index in [1.54, 1.807) is 6.08 Å². The lowest BCUT2D eigenvalue weighted by Crippen LogP contribution is -2.20. The zero-order valence-electron chi connectivity index (χ0n) is 20.1. The topological polar surface area (TPSA) is 27.6 Å². The predicted octanol–water partition coefficient (Wildman–Crippen LogP) is 7.25. The number of nitrogens with zero attached hydrogens (tertiary/aromatic N) is 2. The number of hydrogen-bond acceptors (Lipinski definition) is 3. The highest BCUT2D eigenvalue weighted by Crippen LogP contribution is 2.19. The monoisotopic (exact) mass is 421 g/mol. The molecule has 0 spiro atoms. The van der Waals surface area contributed by atoms with E-state index in [0.29, 0.717) is 5.88 Å². The minimum absolute atomic E-state index is 0.556. The number of alkyl halides is 1. The second-order valence-electron chi connectivity index (χ2n) is 5.58. The fraction of sp³-hybridized carbons (Fsp3) is 0.480. The average molecular weight is 422 g/mol. The van der Waals surface area contributed by atoms with Gasteiger partial charge in [-0.15, -0.1) is 18.2 Å². The number of benzene rings is 1. The van der Waals surface area contributed by atoms with E-state index in [9.17, 15) is 0 Å². The fourth-order valence-corrected chi connectivity index (χ4v) is 2.09. The molecular formula is C25H44ClN3. The van der Waals surface area contributed by atoms with Crippen LogP contribution in [0, 0.1) is 13.8 Å². The van der Waals surface area contributed by atoms with Gasteiger partial charge in [0, 0.05) is 30.8 Å². The van der Waals surface area contributed by atoms with Crippen LogP contribution in [0.4, 0.5) is 0 Å². The first-order valence-electron chi connectivity index (χ1n) is 10.5. The second kappa shape index (κ2) is 24.2. The number of nitrogens with one attached hydrogen (secondary N) is 1. The molecule has 3 nitrogen and oxygen atoms in total. The van der Waals surface area contributed by atoms with Gasteiger partial charge in [-0.05, 0) is 50.6 Å². The van der Waals surface area contributed by atoms with Gasteiger partial charge >= 0.3 is 0 Å². The molecule has 0 fully saturated rings. The summed E-state index contributed by atoms with van der Waals surface area (Å²) in [5, 5.41) is 9.68. The largest absolute Gasteiger partial charge is 0.319 e. The summed E-state index contributed by atoms with van der Waals surface area (Å²) in [4.78, 5) is 0. The van der Waals surface area contributed by atoms with Crippen molar-refractivity contribution in [1.82, 2.24) is 10.3 Å². The Labute approximate surface area is 186 Å². The molecule has 0 unspecified atom stereocenters. The van der Waals surface area contributed by atoms with E-state index in [1.165, 1.54) is 16.7 Å². The molecule has 0 bridgehead atoms. The van der Waals surface area contributed by atoms with Gasteiger partial charge < -0.3 is 5.32 Å². The molecule has 1 rings (SSSR count). The molecule has 0 heterocycles. The molecule has 4 heteroatoms. The Morgan fingerprint density at radius 1 is 1.17 bits per heavy atom. The molecule has 1 N–H and O–H groups in total. The highest BCUT2D eigenvalue weighted by Gasteiger charge is 2.10. The number of hydrazone groups is 1. The fourth-order valence-electron chi connectivity index (χ4n) is 2.09. The molecule has 0 aliphatic rings. The van der Waals surface area contributed by atoms with Crippen LogP contribution in [0.25, 0.3) is 0 Å². The average Bonchev–Trinajstić information content (AvgIpc) is 2.76. The van der Waals surface area contributed by atoms with Gasteiger partial charge in [0.2, 0.25) is 0 Å². The van der Waals surface area contributed by atoms with E-state index >= 15 is 0 Å². The van der Waals surface area contributed by atoms with Crippen LogP contribution >= 0.6 is 11.6 Å². The summed E-state index contributed by atoms with van der Waals surface area (Å²) in [6.45, 7) is 23.5. The Bertz CT molecular complexity index is 557. The molecule has 166 valence electrons. The lowest BCUT2D eigenvalue weighted by atomic mass is 10.0. The molecule has 0 amide bonds. The lowest BCUT2D eigenvalue weighted by molar-refractivity contribution is 0.344. The number of hydrogen-bond donors (Lipinski definition) is 1. The van der Waals surface area contributed by atoms with E-state index in [-0.39, 0.29) is 0 Å². The van der Waals surface area contributed by atoms with Crippen molar-refractivity contribution < 1.29 is 0 Å². The van der Waals surface area contributed by atoms with Crippen molar-refractivity contribution in [1.29, 1.82) is 0 Å². The third kappa shape index (κ3) is 16.8. The third-order valence-corrected chi connectivity index (χ3v) is 3.79. The first-order valence-corrected chi connectivity index (χ1v) is 11.0. The van der Waals surface area contributed by atoms with Gasteiger partial charge in [0.05, 0.1) is 6.54 Å². The molecule has 0 saturated heterocycles. The van der Waals surface area contributed by atoms with Crippen LogP contribution in [0.15, 0.2) is 60.4 Å². The molecule has 0 aliphatic heterocycles. The number of halogens is 1. The van der Waals surface area contributed by atoms with Crippen LogP contribution in [0.1, 0.15) is 57.7 Å². The third-order valence-electron chi connectivity index (χ3n) is 3.57. The van der Waals surface area contributed by atoms with E-state index in [1.807, 2.05) is 65.0 Å². The summed E-state index contributed by atoms with van der Waals surface area (Å²) in [5.41, 5.74) is 4.93. The SMILES string of the molecule is C=C(CCNC)N(Cc1c(C)cccc1C)/N=C/C=C/C.C=CCCl.CC.CC. The zero-order valence-corrected chi connectivity index (χ0v) is 20.8. The Hall–Kier alpha value is -1.84. The van der Waals surface area contributed by atoms with Crippen molar-refractivity contribution in [2.75, 3.05) is 19.5 Å². The van der Waals surface area contributed by atoms with Gasteiger partial charge in [-0.1, -0.05) is 64.6 Å². The normalized spacial score (nSPS) is 9.55. The summed E-state index contributed by atoms with van der Waals surface area (Å²) in [5.74, 6) is 0.556. The molecule has 29 heavy (non-hydrogen) atoms. The van der Waals surface area contributed by atoms with Gasteiger partial charge in [-0.25, -0.2) is 0 Å². The van der Waals surface area contributed by atoms with Crippen molar-refractivity contribution >= 4 is 17.8 Å². The van der Waals surface area contributed by atoms with Crippen LogP contribution in [-0.2, 0) is 6.54 Å². The van der Waals surface area contributed by atoms with Gasteiger partial charge in [-0.3, -0.25) is 5.01 Å². The first kappa shape index (κ1) is 31.8. The lowest BCUT2D eigenvalue weighted by Gasteiger charge is -2.23. The van der Waals surface area contributed by atoms with Crippen LogP contribution in [0.5, 0.6) is 0 Å². The summed E-state index contributed by atoms with van der Waals surface area (Å²) >= 11 is 5.07. The molecule has 0 saturated carbocycles. The van der Waals surface area contributed by atoms with E-state index in [2.05, 4.69) is 55.6 Å². The Morgan fingerprint density at radius 2 is 1.69 bits per heavy atom. The molecule has 0 aromatic heterocycles. The van der Waals surface area contributed by atoms with Gasteiger partial charge in [0.25, 0.3) is 0 Å². The minimum atomic E-state index is 0.556. The quantitative estimate of drug-likeness (QED) is 0.196. The predicted molar refractivity (Wildman–Crippen MR) is 136 cm³/mol. The maximum absolute atomic E-state index is 5.07.